The molecule has 2 aromatic rings. The van der Waals surface area contributed by atoms with E-state index in [1.54, 1.807) is 11.4 Å². The Balaban J connectivity index is 1.57. The highest BCUT2D eigenvalue weighted by Gasteiger charge is 2.48. The smallest absolute Gasteiger partial charge is 0.346 e. The molecule has 0 radical (unpaired) electrons. The Morgan fingerprint density at radius 2 is 1.73 bits per heavy atom. The zero-order valence-corrected chi connectivity index (χ0v) is 22.9. The molecule has 4 rings (SSSR count). The number of rotatable bonds is 11. The van der Waals surface area contributed by atoms with Gasteiger partial charge in [-0.1, -0.05) is 0 Å². The van der Waals surface area contributed by atoms with E-state index in [0.717, 1.165) is 37.8 Å². The van der Waals surface area contributed by atoms with Crippen molar-refractivity contribution < 1.29 is 31.9 Å². The summed E-state index contributed by atoms with van der Waals surface area (Å²) in [6.07, 6.45) is 0.530. The fourth-order valence-corrected chi connectivity index (χ4v) is 5.18. The molecule has 2 aliphatic rings. The predicted octanol–water partition coefficient (Wildman–Crippen LogP) is 4.43. The van der Waals surface area contributed by atoms with Crippen molar-refractivity contribution in [3.63, 3.8) is 0 Å². The average Bonchev–Trinajstić information content (AvgIpc) is 3.86. The molecule has 2 aliphatic carbocycles. The number of carbonyl (C=O) groups is 3. The Morgan fingerprint density at radius 3 is 2.27 bits per heavy atom. The van der Waals surface area contributed by atoms with Crippen LogP contribution >= 0.6 is 0 Å². The normalized spacial score (nSPS) is 16.7. The molecule has 1 aromatic carbocycles. The van der Waals surface area contributed by atoms with Crippen molar-refractivity contribution in [3.8, 4) is 6.07 Å². The summed E-state index contributed by atoms with van der Waals surface area (Å²) in [5.41, 5.74) is -0.361. The van der Waals surface area contributed by atoms with Crippen molar-refractivity contribution >= 4 is 23.4 Å². The largest absolute Gasteiger partial charge is 0.405 e. The minimum absolute atomic E-state index is 0.101. The predicted molar refractivity (Wildman–Crippen MR) is 140 cm³/mol. The molecule has 1 heterocycles. The van der Waals surface area contributed by atoms with Gasteiger partial charge in [-0.25, -0.2) is 4.39 Å². The molecule has 2 fully saturated rings. The molecule has 1 aromatic heterocycles. The third-order valence-corrected chi connectivity index (χ3v) is 7.52. The summed E-state index contributed by atoms with van der Waals surface area (Å²) in [5.74, 6) is -4.07. The SMILES string of the molecule is CC(C(=O)NCC(F)(F)F)c1cc(F)c(NC(=O)C(NC(=O)c2ccnn2C(C)C)C(C2CC2)C2CC2)cc1C#N. The van der Waals surface area contributed by atoms with Gasteiger partial charge in [0.25, 0.3) is 5.91 Å². The Hall–Kier alpha value is -3.95. The standard InChI is InChI=1S/C28H32F4N6O3/c1-14(2)38-22(8-9-35-38)26(40)37-24(23(16-4-5-16)17-6-7-17)27(41)36-21-10-18(12-33)19(11-20(21)29)15(3)25(39)34-13-28(30,31)32/h8-11,14-17,23-24H,4-7,13H2,1-3H3,(H,34,39)(H,36,41)(H,37,40). The number of alkyl halides is 3. The monoisotopic (exact) mass is 576 g/mol. The van der Waals surface area contributed by atoms with E-state index in [0.29, 0.717) is 0 Å². The van der Waals surface area contributed by atoms with Crippen molar-refractivity contribution in [2.24, 2.45) is 17.8 Å². The van der Waals surface area contributed by atoms with Crippen LogP contribution in [0.3, 0.4) is 0 Å². The number of anilines is 1. The third-order valence-electron chi connectivity index (χ3n) is 7.52. The van der Waals surface area contributed by atoms with Crippen LogP contribution in [0, 0.1) is 34.9 Å². The topological polar surface area (TPSA) is 129 Å². The minimum Gasteiger partial charge on any atom is -0.346 e. The number of amides is 3. The molecule has 41 heavy (non-hydrogen) atoms. The van der Waals surface area contributed by atoms with Crippen molar-refractivity contribution in [3.05, 3.63) is 47.0 Å². The van der Waals surface area contributed by atoms with Gasteiger partial charge in [0.1, 0.15) is 24.1 Å². The van der Waals surface area contributed by atoms with Crippen molar-refractivity contribution in [2.75, 3.05) is 11.9 Å². The van der Waals surface area contributed by atoms with Crippen LogP contribution in [0.5, 0.6) is 0 Å². The summed E-state index contributed by atoms with van der Waals surface area (Å²) >= 11 is 0. The average molecular weight is 577 g/mol. The molecule has 0 bridgehead atoms. The van der Waals surface area contributed by atoms with E-state index in [1.807, 2.05) is 19.9 Å². The zero-order chi connectivity index (χ0) is 30.1. The second-order valence-electron chi connectivity index (χ2n) is 11.0. The summed E-state index contributed by atoms with van der Waals surface area (Å²) in [4.78, 5) is 39.2. The van der Waals surface area contributed by atoms with Crippen LogP contribution in [-0.2, 0) is 9.59 Å². The van der Waals surface area contributed by atoms with Crippen molar-refractivity contribution in [2.45, 2.75) is 70.6 Å². The maximum absolute atomic E-state index is 15.2. The lowest BCUT2D eigenvalue weighted by molar-refractivity contribution is -0.139. The van der Waals surface area contributed by atoms with Gasteiger partial charge in [-0.05, 0) is 88.0 Å². The Kier molecular flexibility index (Phi) is 8.70. The number of hydrogen-bond donors (Lipinski definition) is 3. The van der Waals surface area contributed by atoms with Gasteiger partial charge in [-0.3, -0.25) is 19.1 Å². The maximum Gasteiger partial charge on any atom is 0.405 e. The first-order chi connectivity index (χ1) is 19.3. The van der Waals surface area contributed by atoms with E-state index in [2.05, 4.69) is 15.7 Å². The highest BCUT2D eigenvalue weighted by molar-refractivity contribution is 6.01. The van der Waals surface area contributed by atoms with Crippen LogP contribution in [0.25, 0.3) is 0 Å². The Labute approximate surface area is 234 Å². The number of halogens is 4. The van der Waals surface area contributed by atoms with Gasteiger partial charge in [0, 0.05) is 12.2 Å². The van der Waals surface area contributed by atoms with Crippen LogP contribution in [-0.4, -0.2) is 46.3 Å². The summed E-state index contributed by atoms with van der Waals surface area (Å²) in [7, 11) is 0. The lowest BCUT2D eigenvalue weighted by Gasteiger charge is -2.28. The quantitative estimate of drug-likeness (QED) is 0.341. The molecule has 13 heteroatoms. The van der Waals surface area contributed by atoms with Gasteiger partial charge < -0.3 is 16.0 Å². The van der Waals surface area contributed by atoms with Gasteiger partial charge in [0.05, 0.1) is 23.2 Å². The molecule has 2 atom stereocenters. The van der Waals surface area contributed by atoms with Crippen molar-refractivity contribution in [1.82, 2.24) is 20.4 Å². The highest BCUT2D eigenvalue weighted by Crippen LogP contribution is 2.51. The first-order valence-corrected chi connectivity index (χ1v) is 13.5. The van der Waals surface area contributed by atoms with Crippen LogP contribution < -0.4 is 16.0 Å². The lowest BCUT2D eigenvalue weighted by Crippen LogP contribution is -2.50. The van der Waals surface area contributed by atoms with E-state index in [9.17, 15) is 32.8 Å². The van der Waals surface area contributed by atoms with E-state index < -0.39 is 48.2 Å². The summed E-state index contributed by atoms with van der Waals surface area (Å²) in [6.45, 7) is 3.42. The molecular formula is C28H32F4N6O3. The second-order valence-corrected chi connectivity index (χ2v) is 11.0. The molecule has 9 nitrogen and oxygen atoms in total. The Morgan fingerprint density at radius 1 is 1.10 bits per heavy atom. The lowest BCUT2D eigenvalue weighted by atomic mass is 9.88. The molecule has 0 aliphatic heterocycles. The highest BCUT2D eigenvalue weighted by atomic mass is 19.4. The molecule has 2 saturated carbocycles. The summed E-state index contributed by atoms with van der Waals surface area (Å²) in [6, 6.07) is 4.20. The van der Waals surface area contributed by atoms with Gasteiger partial charge in [0.2, 0.25) is 11.8 Å². The number of carbonyl (C=O) groups excluding carboxylic acids is 3. The molecule has 0 spiro atoms. The van der Waals surface area contributed by atoms with Gasteiger partial charge in [-0.2, -0.15) is 23.5 Å². The molecule has 3 amide bonds. The molecule has 0 saturated heterocycles. The summed E-state index contributed by atoms with van der Waals surface area (Å²) < 4.78 is 54.3. The number of nitrogens with zero attached hydrogens (tertiary/aromatic N) is 3. The van der Waals surface area contributed by atoms with Crippen LogP contribution in [0.2, 0.25) is 0 Å². The van der Waals surface area contributed by atoms with Crippen LogP contribution in [0.4, 0.5) is 23.2 Å². The fourth-order valence-electron chi connectivity index (χ4n) is 5.18. The van der Waals surface area contributed by atoms with E-state index >= 15 is 4.39 Å². The first-order valence-electron chi connectivity index (χ1n) is 13.5. The Bertz CT molecular complexity index is 1350. The maximum atomic E-state index is 15.2. The van der Waals surface area contributed by atoms with E-state index in [4.69, 9.17) is 0 Å². The number of nitrogens with one attached hydrogen (secondary N) is 3. The second kappa shape index (κ2) is 11.9. The molecular weight excluding hydrogens is 544 g/mol. The van der Waals surface area contributed by atoms with Crippen LogP contribution in [0.15, 0.2) is 24.4 Å². The minimum atomic E-state index is -4.63. The third kappa shape index (κ3) is 7.23. The van der Waals surface area contributed by atoms with E-state index in [1.165, 1.54) is 17.8 Å². The number of aromatic nitrogens is 2. The molecule has 2 unspecified atom stereocenters. The number of hydrogen-bond acceptors (Lipinski definition) is 5. The summed E-state index contributed by atoms with van der Waals surface area (Å²) in [5, 5.41) is 20.9. The van der Waals surface area contributed by atoms with Gasteiger partial charge >= 0.3 is 6.18 Å². The number of benzene rings is 1. The van der Waals surface area contributed by atoms with Crippen molar-refractivity contribution in [1.29, 1.82) is 5.26 Å². The zero-order valence-electron chi connectivity index (χ0n) is 22.9. The molecule has 3 N–H and O–H groups in total. The molecule has 220 valence electrons. The van der Waals surface area contributed by atoms with Crippen LogP contribution in [0.1, 0.15) is 80.0 Å². The fraction of sp³-hybridized carbons (Fsp3) is 0.536. The van der Waals surface area contributed by atoms with Gasteiger partial charge in [0.15, 0.2) is 0 Å². The number of nitriles is 1. The van der Waals surface area contributed by atoms with Gasteiger partial charge in [-0.15, -0.1) is 0 Å². The van der Waals surface area contributed by atoms with E-state index in [-0.39, 0.29) is 46.3 Å². The first kappa shape index (κ1) is 30.0.